The fraction of sp³-hybridized carbons (Fsp3) is 0.444. The van der Waals surface area contributed by atoms with Gasteiger partial charge in [-0.25, -0.2) is 4.98 Å². The lowest BCUT2D eigenvalue weighted by Crippen LogP contribution is -1.94. The molecule has 12 heavy (non-hydrogen) atoms. The Labute approximate surface area is 89.8 Å². The van der Waals surface area contributed by atoms with Crippen LogP contribution in [0.5, 0.6) is 0 Å². The standard InChI is InChI=1S/C9H11Br2N/c1-3-8(10)7-4-5-9(11)12-6(7)2/h4-5,8H,3H2,1-2H3. The average molecular weight is 293 g/mol. The van der Waals surface area contributed by atoms with E-state index in [0.29, 0.717) is 4.83 Å². The molecule has 0 aromatic carbocycles. The molecule has 0 bridgehead atoms. The topological polar surface area (TPSA) is 12.9 Å². The summed E-state index contributed by atoms with van der Waals surface area (Å²) in [4.78, 5) is 4.76. The Bertz CT molecular complexity index is 273. The number of aromatic nitrogens is 1. The van der Waals surface area contributed by atoms with E-state index in [-0.39, 0.29) is 0 Å². The van der Waals surface area contributed by atoms with E-state index in [1.807, 2.05) is 13.0 Å². The monoisotopic (exact) mass is 291 g/mol. The highest BCUT2D eigenvalue weighted by molar-refractivity contribution is 9.10. The van der Waals surface area contributed by atoms with Gasteiger partial charge in [0.1, 0.15) is 4.60 Å². The van der Waals surface area contributed by atoms with Gasteiger partial charge in [0.25, 0.3) is 0 Å². The number of halogens is 2. The second-order valence-electron chi connectivity index (χ2n) is 2.68. The van der Waals surface area contributed by atoms with Gasteiger partial charge in [0.15, 0.2) is 0 Å². The highest BCUT2D eigenvalue weighted by Crippen LogP contribution is 2.28. The lowest BCUT2D eigenvalue weighted by molar-refractivity contribution is 0.886. The van der Waals surface area contributed by atoms with E-state index in [9.17, 15) is 0 Å². The third-order valence-electron chi connectivity index (χ3n) is 1.79. The number of rotatable bonds is 2. The third-order valence-corrected chi connectivity index (χ3v) is 3.37. The predicted octanol–water partition coefficient (Wildman–Crippen LogP) is 4.00. The minimum absolute atomic E-state index is 0.429. The van der Waals surface area contributed by atoms with Gasteiger partial charge in [0, 0.05) is 10.5 Å². The molecular weight excluding hydrogens is 282 g/mol. The summed E-state index contributed by atoms with van der Waals surface area (Å²) in [5, 5.41) is 0. The molecular formula is C9H11Br2N. The van der Waals surface area contributed by atoms with Crippen LogP contribution in [0.15, 0.2) is 16.7 Å². The molecule has 0 aliphatic heterocycles. The largest absolute Gasteiger partial charge is 0.246 e. The maximum Gasteiger partial charge on any atom is 0.106 e. The average Bonchev–Trinajstić information content (AvgIpc) is 2.03. The molecule has 0 N–H and O–H groups in total. The van der Waals surface area contributed by atoms with E-state index < -0.39 is 0 Å². The molecule has 0 aliphatic rings. The molecule has 1 atom stereocenters. The van der Waals surface area contributed by atoms with Crippen LogP contribution in [-0.4, -0.2) is 4.98 Å². The van der Waals surface area contributed by atoms with Gasteiger partial charge in [0.05, 0.1) is 0 Å². The molecule has 0 amide bonds. The van der Waals surface area contributed by atoms with Crippen LogP contribution in [0.2, 0.25) is 0 Å². The molecule has 1 aromatic heterocycles. The second-order valence-corrected chi connectivity index (χ2v) is 4.60. The molecule has 0 radical (unpaired) electrons. The highest BCUT2D eigenvalue weighted by Gasteiger charge is 2.08. The predicted molar refractivity (Wildman–Crippen MR) is 58.6 cm³/mol. The van der Waals surface area contributed by atoms with Gasteiger partial charge < -0.3 is 0 Å². The zero-order valence-electron chi connectivity index (χ0n) is 7.14. The number of alkyl halides is 1. The van der Waals surface area contributed by atoms with Crippen molar-refractivity contribution in [2.75, 3.05) is 0 Å². The number of pyridine rings is 1. The van der Waals surface area contributed by atoms with E-state index >= 15 is 0 Å². The fourth-order valence-corrected chi connectivity index (χ4v) is 1.97. The zero-order valence-corrected chi connectivity index (χ0v) is 10.3. The van der Waals surface area contributed by atoms with E-state index in [1.54, 1.807) is 0 Å². The van der Waals surface area contributed by atoms with Crippen molar-refractivity contribution in [3.05, 3.63) is 28.0 Å². The molecule has 1 unspecified atom stereocenters. The molecule has 0 spiro atoms. The van der Waals surface area contributed by atoms with Gasteiger partial charge in [-0.15, -0.1) is 0 Å². The fourth-order valence-electron chi connectivity index (χ4n) is 1.09. The molecule has 3 heteroatoms. The van der Waals surface area contributed by atoms with Crippen molar-refractivity contribution in [1.82, 2.24) is 4.98 Å². The van der Waals surface area contributed by atoms with Crippen LogP contribution in [0.4, 0.5) is 0 Å². The van der Waals surface area contributed by atoms with Crippen LogP contribution in [0, 0.1) is 6.92 Å². The lowest BCUT2D eigenvalue weighted by Gasteiger charge is -2.09. The SMILES string of the molecule is CCC(Br)c1ccc(Br)nc1C. The van der Waals surface area contributed by atoms with Crippen LogP contribution >= 0.6 is 31.9 Å². The highest BCUT2D eigenvalue weighted by atomic mass is 79.9. The Hall–Kier alpha value is 0.110. The first kappa shape index (κ1) is 10.2. The van der Waals surface area contributed by atoms with E-state index in [1.165, 1.54) is 5.56 Å². The molecule has 1 heterocycles. The van der Waals surface area contributed by atoms with Crippen LogP contribution in [0.25, 0.3) is 0 Å². The van der Waals surface area contributed by atoms with Gasteiger partial charge in [-0.05, 0) is 40.9 Å². The number of hydrogen-bond donors (Lipinski definition) is 0. The van der Waals surface area contributed by atoms with Crippen molar-refractivity contribution in [2.45, 2.75) is 25.1 Å². The van der Waals surface area contributed by atoms with Crippen molar-refractivity contribution < 1.29 is 0 Å². The molecule has 1 nitrogen and oxygen atoms in total. The first-order valence-corrected chi connectivity index (χ1v) is 5.63. The van der Waals surface area contributed by atoms with Crippen LogP contribution < -0.4 is 0 Å². The van der Waals surface area contributed by atoms with Gasteiger partial charge in [-0.3, -0.25) is 0 Å². The lowest BCUT2D eigenvalue weighted by atomic mass is 10.1. The van der Waals surface area contributed by atoms with Crippen molar-refractivity contribution in [3.63, 3.8) is 0 Å². The summed E-state index contributed by atoms with van der Waals surface area (Å²) in [6, 6.07) is 4.08. The summed E-state index contributed by atoms with van der Waals surface area (Å²) in [6.07, 6.45) is 1.09. The van der Waals surface area contributed by atoms with Crippen LogP contribution in [0.1, 0.15) is 29.4 Å². The first-order chi connectivity index (χ1) is 5.65. The van der Waals surface area contributed by atoms with Crippen LogP contribution in [-0.2, 0) is 0 Å². The summed E-state index contributed by atoms with van der Waals surface area (Å²) in [7, 11) is 0. The Morgan fingerprint density at radius 2 is 2.17 bits per heavy atom. The van der Waals surface area contributed by atoms with Crippen molar-refractivity contribution in [3.8, 4) is 0 Å². The smallest absolute Gasteiger partial charge is 0.106 e. The van der Waals surface area contributed by atoms with E-state index in [2.05, 4.69) is 49.8 Å². The number of aryl methyl sites for hydroxylation is 1. The van der Waals surface area contributed by atoms with Crippen molar-refractivity contribution >= 4 is 31.9 Å². The summed E-state index contributed by atoms with van der Waals surface area (Å²) < 4.78 is 0.902. The molecule has 0 fully saturated rings. The molecule has 0 aliphatic carbocycles. The van der Waals surface area contributed by atoms with Crippen LogP contribution in [0.3, 0.4) is 0 Å². The minimum Gasteiger partial charge on any atom is -0.246 e. The Balaban J connectivity index is 3.01. The molecule has 0 saturated carbocycles. The normalized spacial score (nSPS) is 13.0. The van der Waals surface area contributed by atoms with Gasteiger partial charge >= 0.3 is 0 Å². The zero-order chi connectivity index (χ0) is 9.14. The third kappa shape index (κ3) is 2.30. The quantitative estimate of drug-likeness (QED) is 0.593. The van der Waals surface area contributed by atoms with Crippen molar-refractivity contribution in [2.24, 2.45) is 0 Å². The minimum atomic E-state index is 0.429. The van der Waals surface area contributed by atoms with Gasteiger partial charge in [-0.2, -0.15) is 0 Å². The maximum atomic E-state index is 4.33. The Morgan fingerprint density at radius 1 is 1.50 bits per heavy atom. The van der Waals surface area contributed by atoms with E-state index in [4.69, 9.17) is 0 Å². The Kier molecular flexibility index (Phi) is 3.72. The number of hydrogen-bond acceptors (Lipinski definition) is 1. The van der Waals surface area contributed by atoms with E-state index in [0.717, 1.165) is 16.7 Å². The van der Waals surface area contributed by atoms with Gasteiger partial charge in [0.2, 0.25) is 0 Å². The summed E-state index contributed by atoms with van der Waals surface area (Å²) in [6.45, 7) is 4.19. The summed E-state index contributed by atoms with van der Waals surface area (Å²) in [5.74, 6) is 0. The summed E-state index contributed by atoms with van der Waals surface area (Å²) in [5.41, 5.74) is 2.37. The Morgan fingerprint density at radius 3 is 2.67 bits per heavy atom. The second kappa shape index (κ2) is 4.38. The number of nitrogens with zero attached hydrogens (tertiary/aromatic N) is 1. The van der Waals surface area contributed by atoms with Crippen molar-refractivity contribution in [1.29, 1.82) is 0 Å². The molecule has 0 saturated heterocycles. The molecule has 66 valence electrons. The van der Waals surface area contributed by atoms with Gasteiger partial charge in [-0.1, -0.05) is 28.9 Å². The maximum absolute atomic E-state index is 4.33. The molecule has 1 aromatic rings. The molecule has 1 rings (SSSR count). The first-order valence-electron chi connectivity index (χ1n) is 3.92. The summed E-state index contributed by atoms with van der Waals surface area (Å²) >= 11 is 6.95.